The predicted octanol–water partition coefficient (Wildman–Crippen LogP) is 2.86. The molecule has 22 heavy (non-hydrogen) atoms. The van der Waals surface area contributed by atoms with E-state index in [4.69, 9.17) is 4.42 Å². The zero-order valence-electron chi connectivity index (χ0n) is 12.5. The van der Waals surface area contributed by atoms with Crippen molar-refractivity contribution < 1.29 is 9.21 Å². The molecule has 0 unspecified atom stereocenters. The summed E-state index contributed by atoms with van der Waals surface area (Å²) in [6.45, 7) is 3.43. The fourth-order valence-electron chi connectivity index (χ4n) is 2.48. The molecule has 6 nitrogen and oxygen atoms in total. The van der Waals surface area contributed by atoms with Crippen molar-refractivity contribution in [3.63, 3.8) is 0 Å². The van der Waals surface area contributed by atoms with Crippen LogP contribution in [0.25, 0.3) is 11.1 Å². The van der Waals surface area contributed by atoms with Crippen molar-refractivity contribution in [3.05, 3.63) is 40.7 Å². The summed E-state index contributed by atoms with van der Waals surface area (Å²) in [6, 6.07) is 3.61. The highest BCUT2D eigenvalue weighted by molar-refractivity contribution is 9.10. The van der Waals surface area contributed by atoms with Crippen LogP contribution in [0.2, 0.25) is 0 Å². The van der Waals surface area contributed by atoms with Gasteiger partial charge in [0.25, 0.3) is 5.91 Å². The van der Waals surface area contributed by atoms with Gasteiger partial charge in [-0.15, -0.1) is 0 Å². The lowest BCUT2D eigenvalue weighted by atomic mass is 10.3. The minimum Gasteiger partial charge on any atom is -0.448 e. The Morgan fingerprint density at radius 3 is 2.95 bits per heavy atom. The van der Waals surface area contributed by atoms with E-state index in [0.717, 1.165) is 24.3 Å². The van der Waals surface area contributed by atoms with Crippen molar-refractivity contribution in [3.8, 4) is 0 Å². The lowest BCUT2D eigenvalue weighted by Gasteiger charge is -2.07. The van der Waals surface area contributed by atoms with E-state index in [2.05, 4.69) is 30.8 Å². The molecule has 0 bridgehead atoms. The molecule has 1 amide bonds. The number of rotatable bonds is 5. The van der Waals surface area contributed by atoms with Gasteiger partial charge in [-0.05, 0) is 29.3 Å². The van der Waals surface area contributed by atoms with Gasteiger partial charge in [0.1, 0.15) is 11.5 Å². The normalized spacial score (nSPS) is 11.2. The average Bonchev–Trinajstić information content (AvgIpc) is 3.12. The molecule has 0 radical (unpaired) electrons. The molecule has 3 heterocycles. The molecule has 3 aromatic rings. The Morgan fingerprint density at radius 1 is 1.45 bits per heavy atom. The van der Waals surface area contributed by atoms with E-state index < -0.39 is 0 Å². The maximum absolute atomic E-state index is 12.2. The largest absolute Gasteiger partial charge is 0.448 e. The first kappa shape index (κ1) is 14.9. The second-order valence-corrected chi connectivity index (χ2v) is 5.95. The van der Waals surface area contributed by atoms with Gasteiger partial charge in [0, 0.05) is 44.7 Å². The second-order valence-electron chi connectivity index (χ2n) is 5.17. The summed E-state index contributed by atoms with van der Waals surface area (Å²) in [5.74, 6) is 0.895. The molecule has 116 valence electrons. The van der Waals surface area contributed by atoms with E-state index in [-0.39, 0.29) is 5.91 Å². The van der Waals surface area contributed by atoms with Crippen molar-refractivity contribution in [2.24, 2.45) is 7.05 Å². The van der Waals surface area contributed by atoms with Gasteiger partial charge in [0.05, 0.1) is 5.52 Å². The summed E-state index contributed by atoms with van der Waals surface area (Å²) in [7, 11) is 1.86. The Morgan fingerprint density at radius 2 is 2.27 bits per heavy atom. The number of halogens is 1. The first-order chi connectivity index (χ1) is 10.6. The van der Waals surface area contributed by atoms with E-state index >= 15 is 0 Å². The van der Waals surface area contributed by atoms with Gasteiger partial charge in [0.2, 0.25) is 0 Å². The average molecular weight is 365 g/mol. The molecule has 3 rings (SSSR count). The fourth-order valence-corrected chi connectivity index (χ4v) is 2.87. The maximum Gasteiger partial charge on any atom is 0.268 e. The highest BCUT2D eigenvalue weighted by Gasteiger charge is 2.15. The van der Waals surface area contributed by atoms with Crippen LogP contribution < -0.4 is 5.32 Å². The summed E-state index contributed by atoms with van der Waals surface area (Å²) in [5.41, 5.74) is 2.19. The molecule has 0 atom stereocenters. The molecule has 0 fully saturated rings. The maximum atomic E-state index is 12.2. The minimum atomic E-state index is -0.0904. The van der Waals surface area contributed by atoms with Gasteiger partial charge >= 0.3 is 0 Å². The molecule has 0 aliphatic rings. The number of furan rings is 1. The smallest absolute Gasteiger partial charge is 0.268 e. The quantitative estimate of drug-likeness (QED) is 0.708. The molecule has 0 aliphatic heterocycles. The van der Waals surface area contributed by atoms with Crippen LogP contribution in [-0.4, -0.2) is 26.6 Å². The third-order valence-corrected chi connectivity index (χ3v) is 4.11. The number of aromatic nitrogens is 3. The van der Waals surface area contributed by atoms with Crippen LogP contribution in [-0.2, 0) is 13.6 Å². The summed E-state index contributed by atoms with van der Waals surface area (Å²) >= 11 is 3.29. The lowest BCUT2D eigenvalue weighted by molar-refractivity contribution is 0.0945. The number of carbonyl (C=O) groups excluding carboxylic acids is 1. The van der Waals surface area contributed by atoms with Crippen LogP contribution in [0.3, 0.4) is 0 Å². The molecular formula is C15H17BrN4O2. The Hall–Kier alpha value is -2.02. The SMILES string of the molecule is Cc1nccn1CCCNC(=O)c1cc2oc(Br)cc2n1C. The van der Waals surface area contributed by atoms with E-state index in [1.807, 2.05) is 30.8 Å². The van der Waals surface area contributed by atoms with Crippen molar-refractivity contribution >= 4 is 32.9 Å². The van der Waals surface area contributed by atoms with E-state index in [0.29, 0.717) is 22.5 Å². The van der Waals surface area contributed by atoms with Crippen molar-refractivity contribution in [2.45, 2.75) is 19.9 Å². The van der Waals surface area contributed by atoms with Crippen molar-refractivity contribution in [1.82, 2.24) is 19.4 Å². The number of fused-ring (bicyclic) bond motifs is 1. The lowest BCUT2D eigenvalue weighted by Crippen LogP contribution is -2.27. The zero-order chi connectivity index (χ0) is 15.7. The van der Waals surface area contributed by atoms with Gasteiger partial charge in [-0.2, -0.15) is 0 Å². The van der Waals surface area contributed by atoms with Crippen molar-refractivity contribution in [1.29, 1.82) is 0 Å². The van der Waals surface area contributed by atoms with Crippen LogP contribution in [0.1, 0.15) is 22.7 Å². The second kappa shape index (κ2) is 6.00. The molecule has 0 saturated heterocycles. The molecule has 7 heteroatoms. The highest BCUT2D eigenvalue weighted by Crippen LogP contribution is 2.25. The number of imidazole rings is 1. The third-order valence-electron chi connectivity index (χ3n) is 3.72. The number of hydrogen-bond donors (Lipinski definition) is 1. The number of carbonyl (C=O) groups is 1. The first-order valence-corrected chi connectivity index (χ1v) is 7.86. The minimum absolute atomic E-state index is 0.0904. The summed E-state index contributed by atoms with van der Waals surface area (Å²) in [6.07, 6.45) is 4.58. The van der Waals surface area contributed by atoms with Crippen molar-refractivity contribution in [2.75, 3.05) is 6.54 Å². The topological polar surface area (TPSA) is 65.0 Å². The number of nitrogens with one attached hydrogen (secondary N) is 1. The predicted molar refractivity (Wildman–Crippen MR) is 86.8 cm³/mol. The van der Waals surface area contributed by atoms with E-state index in [1.165, 1.54) is 0 Å². The van der Waals surface area contributed by atoms with Crippen LogP contribution >= 0.6 is 15.9 Å². The van der Waals surface area contributed by atoms with Crippen LogP contribution in [0.4, 0.5) is 0 Å². The van der Waals surface area contributed by atoms with Gasteiger partial charge in [-0.3, -0.25) is 4.79 Å². The number of hydrogen-bond acceptors (Lipinski definition) is 3. The monoisotopic (exact) mass is 364 g/mol. The fraction of sp³-hybridized carbons (Fsp3) is 0.333. The number of aryl methyl sites for hydroxylation is 3. The molecule has 0 aromatic carbocycles. The van der Waals surface area contributed by atoms with Crippen LogP contribution in [0.15, 0.2) is 33.6 Å². The first-order valence-electron chi connectivity index (χ1n) is 7.07. The summed E-state index contributed by atoms with van der Waals surface area (Å²) in [4.78, 5) is 16.4. The molecule has 0 saturated carbocycles. The van der Waals surface area contributed by atoms with Gasteiger partial charge in [-0.25, -0.2) is 4.98 Å². The Balaban J connectivity index is 1.58. The summed E-state index contributed by atoms with van der Waals surface area (Å²) < 4.78 is 10.0. The van der Waals surface area contributed by atoms with Crippen LogP contribution in [0.5, 0.6) is 0 Å². The molecule has 3 aromatic heterocycles. The highest BCUT2D eigenvalue weighted by atomic mass is 79.9. The van der Waals surface area contributed by atoms with Gasteiger partial charge < -0.3 is 18.9 Å². The number of amides is 1. The summed E-state index contributed by atoms with van der Waals surface area (Å²) in [5, 5.41) is 2.94. The molecule has 0 aliphatic carbocycles. The Bertz CT molecular complexity index is 815. The number of nitrogens with zero attached hydrogens (tertiary/aromatic N) is 3. The molecule has 0 spiro atoms. The van der Waals surface area contributed by atoms with Crippen LogP contribution in [0, 0.1) is 6.92 Å². The molecular weight excluding hydrogens is 348 g/mol. The van der Waals surface area contributed by atoms with E-state index in [1.54, 1.807) is 12.3 Å². The standard InChI is InChI=1S/C15H17BrN4O2/c1-10-17-5-7-20(10)6-3-4-18-15(21)12-8-13-11(19(12)2)9-14(16)22-13/h5,7-9H,3-4,6H2,1-2H3,(H,18,21). The molecule has 1 N–H and O–H groups in total. The third kappa shape index (κ3) is 2.81. The van der Waals surface area contributed by atoms with Gasteiger partial charge in [-0.1, -0.05) is 0 Å². The Labute approximate surface area is 136 Å². The zero-order valence-corrected chi connectivity index (χ0v) is 14.1. The van der Waals surface area contributed by atoms with Gasteiger partial charge in [0.15, 0.2) is 10.3 Å². The van der Waals surface area contributed by atoms with E-state index in [9.17, 15) is 4.79 Å². The Kier molecular flexibility index (Phi) is 4.06.